The molecule has 1 amide bonds. The first-order chi connectivity index (χ1) is 9.19. The van der Waals surface area contributed by atoms with E-state index in [0.29, 0.717) is 18.7 Å². The van der Waals surface area contributed by atoms with Crippen molar-refractivity contribution < 1.29 is 13.9 Å². The molecular weight excluding hydrogens is 245 g/mol. The van der Waals surface area contributed by atoms with Gasteiger partial charge in [0.05, 0.1) is 6.10 Å². The van der Waals surface area contributed by atoms with Crippen LogP contribution in [0.2, 0.25) is 0 Å². The van der Waals surface area contributed by atoms with E-state index in [1.807, 2.05) is 0 Å². The van der Waals surface area contributed by atoms with Crippen LogP contribution in [-0.2, 0) is 9.53 Å². The zero-order valence-electron chi connectivity index (χ0n) is 11.0. The lowest BCUT2D eigenvalue weighted by atomic mass is 10.1. The molecule has 0 radical (unpaired) electrons. The predicted octanol–water partition coefficient (Wildman–Crippen LogP) is 2.48. The highest BCUT2D eigenvalue weighted by Crippen LogP contribution is 2.13. The summed E-state index contributed by atoms with van der Waals surface area (Å²) < 4.78 is 18.2. The average Bonchev–Trinajstić information content (AvgIpc) is 2.45. The van der Waals surface area contributed by atoms with Gasteiger partial charge < -0.3 is 9.64 Å². The van der Waals surface area contributed by atoms with E-state index in [1.54, 1.807) is 30.2 Å². The highest BCUT2D eigenvalue weighted by molar-refractivity contribution is 5.91. The fourth-order valence-electron chi connectivity index (χ4n) is 2.20. The zero-order chi connectivity index (χ0) is 13.7. The smallest absolute Gasteiger partial charge is 0.246 e. The first kappa shape index (κ1) is 13.7. The summed E-state index contributed by atoms with van der Waals surface area (Å²) in [4.78, 5) is 13.8. The summed E-state index contributed by atoms with van der Waals surface area (Å²) in [6.07, 6.45) is 5.15. The second-order valence-electron chi connectivity index (χ2n) is 4.65. The lowest BCUT2D eigenvalue weighted by molar-refractivity contribution is -0.128. The number of methoxy groups -OCH3 is 1. The molecule has 19 heavy (non-hydrogen) atoms. The Hall–Kier alpha value is -1.68. The second-order valence-corrected chi connectivity index (χ2v) is 4.65. The van der Waals surface area contributed by atoms with Crippen molar-refractivity contribution in [1.29, 1.82) is 0 Å². The molecule has 1 heterocycles. The van der Waals surface area contributed by atoms with Gasteiger partial charge in [-0.1, -0.05) is 12.1 Å². The van der Waals surface area contributed by atoms with Crippen LogP contribution in [0.25, 0.3) is 6.08 Å². The Morgan fingerprint density at radius 2 is 2.16 bits per heavy atom. The fourth-order valence-corrected chi connectivity index (χ4v) is 2.20. The third-order valence-corrected chi connectivity index (χ3v) is 3.35. The van der Waals surface area contributed by atoms with Crippen molar-refractivity contribution in [3.63, 3.8) is 0 Å². The van der Waals surface area contributed by atoms with Crippen LogP contribution in [0.1, 0.15) is 18.4 Å². The minimum Gasteiger partial charge on any atom is -0.381 e. The van der Waals surface area contributed by atoms with Crippen LogP contribution in [0.15, 0.2) is 30.3 Å². The third kappa shape index (κ3) is 3.89. The number of hydrogen-bond donors (Lipinski definition) is 0. The number of piperidine rings is 1. The molecule has 102 valence electrons. The van der Waals surface area contributed by atoms with Crippen LogP contribution in [0.5, 0.6) is 0 Å². The van der Waals surface area contributed by atoms with Crippen LogP contribution in [0, 0.1) is 5.82 Å². The Morgan fingerprint density at radius 1 is 1.42 bits per heavy atom. The molecule has 1 fully saturated rings. The summed E-state index contributed by atoms with van der Waals surface area (Å²) >= 11 is 0. The maximum absolute atomic E-state index is 13.0. The van der Waals surface area contributed by atoms with Gasteiger partial charge in [0, 0.05) is 26.3 Å². The van der Waals surface area contributed by atoms with Gasteiger partial charge in [0.25, 0.3) is 0 Å². The second kappa shape index (κ2) is 6.48. The molecule has 0 saturated carbocycles. The number of carbonyl (C=O) groups is 1. The van der Waals surface area contributed by atoms with E-state index in [2.05, 4.69) is 0 Å². The monoisotopic (exact) mass is 263 g/mol. The molecule has 1 aliphatic heterocycles. The molecule has 1 aromatic carbocycles. The number of carbonyl (C=O) groups excluding carboxylic acids is 1. The highest BCUT2D eigenvalue weighted by atomic mass is 19.1. The maximum Gasteiger partial charge on any atom is 0.246 e. The number of hydrogen-bond acceptors (Lipinski definition) is 2. The predicted molar refractivity (Wildman–Crippen MR) is 72.0 cm³/mol. The number of nitrogens with zero attached hydrogens (tertiary/aromatic N) is 1. The molecule has 0 spiro atoms. The number of halogens is 1. The number of rotatable bonds is 3. The molecule has 0 N–H and O–H groups in total. The van der Waals surface area contributed by atoms with E-state index in [9.17, 15) is 9.18 Å². The molecule has 0 bridgehead atoms. The van der Waals surface area contributed by atoms with Crippen LogP contribution in [0.3, 0.4) is 0 Å². The molecule has 0 atom stereocenters. The summed E-state index contributed by atoms with van der Waals surface area (Å²) in [6, 6.07) is 6.18. The minimum atomic E-state index is -0.296. The summed E-state index contributed by atoms with van der Waals surface area (Å²) in [5.41, 5.74) is 0.695. The highest BCUT2D eigenvalue weighted by Gasteiger charge is 2.20. The molecule has 3 nitrogen and oxygen atoms in total. The van der Waals surface area contributed by atoms with Gasteiger partial charge in [-0.25, -0.2) is 4.39 Å². The standard InChI is InChI=1S/C15H18FNO2/c1-19-14-7-9-17(10-8-14)15(18)6-5-12-3-2-4-13(16)11-12/h2-6,11,14H,7-10H2,1H3/b6-5+. The molecule has 0 unspecified atom stereocenters. The molecule has 4 heteroatoms. The Bertz CT molecular complexity index is 465. The summed E-state index contributed by atoms with van der Waals surface area (Å²) in [5.74, 6) is -0.325. The van der Waals surface area contributed by atoms with E-state index >= 15 is 0 Å². The van der Waals surface area contributed by atoms with Gasteiger partial charge in [0.1, 0.15) is 5.82 Å². The van der Waals surface area contributed by atoms with Gasteiger partial charge in [-0.2, -0.15) is 0 Å². The maximum atomic E-state index is 13.0. The normalized spacial score (nSPS) is 17.1. The van der Waals surface area contributed by atoms with Gasteiger partial charge in [0.15, 0.2) is 0 Å². The fraction of sp³-hybridized carbons (Fsp3) is 0.400. The van der Waals surface area contributed by atoms with Gasteiger partial charge in [-0.15, -0.1) is 0 Å². The third-order valence-electron chi connectivity index (χ3n) is 3.35. The zero-order valence-corrected chi connectivity index (χ0v) is 11.0. The first-order valence-corrected chi connectivity index (χ1v) is 6.44. The molecule has 2 rings (SSSR count). The van der Waals surface area contributed by atoms with Crippen molar-refractivity contribution in [2.45, 2.75) is 18.9 Å². The van der Waals surface area contributed by atoms with E-state index < -0.39 is 0 Å². The molecular formula is C15H18FNO2. The molecule has 0 aliphatic carbocycles. The van der Waals surface area contributed by atoms with Crippen LogP contribution < -0.4 is 0 Å². The molecule has 1 saturated heterocycles. The molecule has 0 aromatic heterocycles. The average molecular weight is 263 g/mol. The summed E-state index contributed by atoms with van der Waals surface area (Å²) in [6.45, 7) is 1.43. The van der Waals surface area contributed by atoms with Gasteiger partial charge in [-0.05, 0) is 36.6 Å². The largest absolute Gasteiger partial charge is 0.381 e. The van der Waals surface area contributed by atoms with Crippen LogP contribution in [0.4, 0.5) is 4.39 Å². The van der Waals surface area contributed by atoms with Gasteiger partial charge >= 0.3 is 0 Å². The Kier molecular flexibility index (Phi) is 4.68. The quantitative estimate of drug-likeness (QED) is 0.784. The van der Waals surface area contributed by atoms with E-state index in [4.69, 9.17) is 4.74 Å². The van der Waals surface area contributed by atoms with Crippen LogP contribution >= 0.6 is 0 Å². The van der Waals surface area contributed by atoms with E-state index in [0.717, 1.165) is 12.8 Å². The SMILES string of the molecule is COC1CCN(C(=O)/C=C/c2cccc(F)c2)CC1. The van der Waals surface area contributed by atoms with E-state index in [1.165, 1.54) is 18.2 Å². The lowest BCUT2D eigenvalue weighted by Crippen LogP contribution is -2.39. The lowest BCUT2D eigenvalue weighted by Gasteiger charge is -2.30. The van der Waals surface area contributed by atoms with Crippen LogP contribution in [-0.4, -0.2) is 37.1 Å². The van der Waals surface area contributed by atoms with E-state index in [-0.39, 0.29) is 17.8 Å². The number of benzene rings is 1. The van der Waals surface area contributed by atoms with Crippen molar-refractivity contribution >= 4 is 12.0 Å². The Labute approximate surface area is 112 Å². The van der Waals surface area contributed by atoms with Crippen molar-refractivity contribution in [1.82, 2.24) is 4.90 Å². The van der Waals surface area contributed by atoms with Gasteiger partial charge in [-0.3, -0.25) is 4.79 Å². The number of ether oxygens (including phenoxy) is 1. The Balaban J connectivity index is 1.91. The Morgan fingerprint density at radius 3 is 2.79 bits per heavy atom. The van der Waals surface area contributed by atoms with Crippen molar-refractivity contribution in [2.75, 3.05) is 20.2 Å². The minimum absolute atomic E-state index is 0.0289. The van der Waals surface area contributed by atoms with Crippen molar-refractivity contribution in [3.05, 3.63) is 41.7 Å². The number of amides is 1. The summed E-state index contributed by atoms with van der Waals surface area (Å²) in [7, 11) is 1.70. The first-order valence-electron chi connectivity index (χ1n) is 6.44. The van der Waals surface area contributed by atoms with Crippen molar-refractivity contribution in [3.8, 4) is 0 Å². The van der Waals surface area contributed by atoms with Gasteiger partial charge in [0.2, 0.25) is 5.91 Å². The summed E-state index contributed by atoms with van der Waals surface area (Å²) in [5, 5.41) is 0. The number of likely N-dealkylation sites (tertiary alicyclic amines) is 1. The molecule has 1 aliphatic rings. The van der Waals surface area contributed by atoms with Crippen molar-refractivity contribution in [2.24, 2.45) is 0 Å². The molecule has 1 aromatic rings. The topological polar surface area (TPSA) is 29.5 Å².